The van der Waals surface area contributed by atoms with Gasteiger partial charge < -0.3 is 25.2 Å². The molecule has 1 amide bonds. The zero-order chi connectivity index (χ0) is 19.0. The average Bonchev–Trinajstić information content (AvgIpc) is 3.10. The van der Waals surface area contributed by atoms with E-state index in [0.29, 0.717) is 19.1 Å². The number of carbonyl (C=O) groups excluding carboxylic acids is 1. The Labute approximate surface area is 162 Å². The number of fused-ring (bicyclic) bond motifs is 1. The Morgan fingerprint density at radius 1 is 1.54 bits per heavy atom. The van der Waals surface area contributed by atoms with Gasteiger partial charge in [0.25, 0.3) is 0 Å². The second-order valence-corrected chi connectivity index (χ2v) is 8.84. The summed E-state index contributed by atoms with van der Waals surface area (Å²) in [6.45, 7) is 5.40. The summed E-state index contributed by atoms with van der Waals surface area (Å²) in [5.41, 5.74) is 0.0937. The van der Waals surface area contributed by atoms with E-state index in [1.807, 2.05) is 6.92 Å². The molecule has 0 aromatic rings. The largest absolute Gasteiger partial charge is 0.477 e. The number of carbonyl (C=O) groups is 2. The molecule has 3 N–H and O–H groups in total. The molecule has 2 fully saturated rings. The van der Waals surface area contributed by atoms with Gasteiger partial charge in [-0.2, -0.15) is 0 Å². The van der Waals surface area contributed by atoms with Gasteiger partial charge >= 0.3 is 5.97 Å². The van der Waals surface area contributed by atoms with Crippen LogP contribution in [0.2, 0.25) is 0 Å². The number of β-lactam (4-membered cyclic amide) rings is 1. The van der Waals surface area contributed by atoms with Gasteiger partial charge in [0.2, 0.25) is 5.91 Å². The first kappa shape index (κ1) is 19.9. The van der Waals surface area contributed by atoms with Crippen molar-refractivity contribution in [3.63, 3.8) is 0 Å². The lowest BCUT2D eigenvalue weighted by molar-refractivity contribution is -0.163. The zero-order valence-electron chi connectivity index (χ0n) is 14.9. The SMILES string of the molecule is C[C@@H]1C(S[C@@H]2CN[C@H](COCCCl)C2)=C(C(=O)O)N2C(=O)[C@H]([C@@H](C)O)[C@@H]12. The summed E-state index contributed by atoms with van der Waals surface area (Å²) in [5, 5.41) is 23.2. The van der Waals surface area contributed by atoms with Crippen molar-refractivity contribution >= 4 is 35.2 Å². The average molecular weight is 405 g/mol. The van der Waals surface area contributed by atoms with Crippen LogP contribution in [0.3, 0.4) is 0 Å². The number of alkyl halides is 1. The highest BCUT2D eigenvalue weighted by Crippen LogP contribution is 2.51. The molecule has 3 rings (SSSR count). The van der Waals surface area contributed by atoms with Gasteiger partial charge in [0, 0.05) is 34.5 Å². The Morgan fingerprint density at radius 3 is 2.88 bits per heavy atom. The molecule has 9 heteroatoms. The van der Waals surface area contributed by atoms with Crippen LogP contribution in [0.5, 0.6) is 0 Å². The van der Waals surface area contributed by atoms with E-state index in [4.69, 9.17) is 16.3 Å². The molecular formula is C17H25ClN2O5S. The van der Waals surface area contributed by atoms with Crippen molar-refractivity contribution in [3.8, 4) is 0 Å². The number of carboxylic acids is 1. The fraction of sp³-hybridized carbons (Fsp3) is 0.765. The van der Waals surface area contributed by atoms with Crippen LogP contribution in [-0.2, 0) is 14.3 Å². The van der Waals surface area contributed by atoms with Crippen molar-refractivity contribution in [2.45, 2.75) is 43.7 Å². The van der Waals surface area contributed by atoms with E-state index in [1.54, 1.807) is 18.7 Å². The van der Waals surface area contributed by atoms with Crippen LogP contribution in [0.1, 0.15) is 20.3 Å². The Bertz CT molecular complexity index is 614. The minimum Gasteiger partial charge on any atom is -0.477 e. The van der Waals surface area contributed by atoms with Gasteiger partial charge in [-0.1, -0.05) is 6.92 Å². The van der Waals surface area contributed by atoms with Crippen molar-refractivity contribution in [3.05, 3.63) is 10.6 Å². The van der Waals surface area contributed by atoms with E-state index in [0.717, 1.165) is 17.9 Å². The number of hydrogen-bond acceptors (Lipinski definition) is 6. The molecule has 0 unspecified atom stereocenters. The lowest BCUT2D eigenvalue weighted by atomic mass is 9.79. The van der Waals surface area contributed by atoms with Crippen molar-refractivity contribution in [2.24, 2.45) is 11.8 Å². The summed E-state index contributed by atoms with van der Waals surface area (Å²) in [6, 6.07) is -0.0292. The number of ether oxygens (including phenoxy) is 1. The van der Waals surface area contributed by atoms with Gasteiger partial charge in [-0.25, -0.2) is 4.79 Å². The third-order valence-electron chi connectivity index (χ3n) is 5.33. The number of aliphatic carboxylic acids is 1. The van der Waals surface area contributed by atoms with Crippen LogP contribution < -0.4 is 5.32 Å². The Hall–Kier alpha value is -0.800. The second kappa shape index (κ2) is 8.06. The summed E-state index contributed by atoms with van der Waals surface area (Å²) < 4.78 is 5.47. The number of hydrogen-bond donors (Lipinski definition) is 3. The van der Waals surface area contributed by atoms with Crippen LogP contribution in [-0.4, -0.2) is 76.1 Å². The quantitative estimate of drug-likeness (QED) is 0.313. The first-order chi connectivity index (χ1) is 12.4. The highest BCUT2D eigenvalue weighted by atomic mass is 35.5. The molecule has 6 atom stereocenters. The number of carboxylic acid groups (broad SMARTS) is 1. The van der Waals surface area contributed by atoms with Crippen molar-refractivity contribution in [1.82, 2.24) is 10.2 Å². The van der Waals surface area contributed by atoms with E-state index in [9.17, 15) is 19.8 Å². The monoisotopic (exact) mass is 404 g/mol. The van der Waals surface area contributed by atoms with Gasteiger partial charge in [0.05, 0.1) is 31.3 Å². The first-order valence-corrected chi connectivity index (χ1v) is 10.3. The number of aliphatic hydroxyl groups is 1. The number of amides is 1. The standard InChI is InChI=1S/C17H25ClN2O5S/c1-8-13-12(9(2)21)16(22)20(13)14(17(23)24)15(8)26-11-5-10(19-6-11)7-25-4-3-18/h8-13,19,21H,3-7H2,1-2H3,(H,23,24)/t8-,9+,10-,11-,12+,13+/m0/s1. The molecular weight excluding hydrogens is 380 g/mol. The minimum absolute atomic E-state index is 0.0880. The molecule has 0 aromatic heterocycles. The normalized spacial score (nSPS) is 34.8. The molecule has 3 aliphatic rings. The van der Waals surface area contributed by atoms with Crippen molar-refractivity contribution in [2.75, 3.05) is 25.6 Å². The van der Waals surface area contributed by atoms with E-state index in [2.05, 4.69) is 5.32 Å². The number of rotatable bonds is 8. The molecule has 7 nitrogen and oxygen atoms in total. The number of thioether (sulfide) groups is 1. The van der Waals surface area contributed by atoms with Gasteiger partial charge in [-0.3, -0.25) is 4.79 Å². The number of nitrogens with zero attached hydrogens (tertiary/aromatic N) is 1. The van der Waals surface area contributed by atoms with Gasteiger partial charge in [0.15, 0.2) is 0 Å². The number of nitrogens with one attached hydrogen (secondary N) is 1. The van der Waals surface area contributed by atoms with Crippen LogP contribution >= 0.6 is 23.4 Å². The highest BCUT2D eigenvalue weighted by Gasteiger charge is 2.60. The Morgan fingerprint density at radius 2 is 2.27 bits per heavy atom. The number of aliphatic hydroxyl groups excluding tert-OH is 1. The zero-order valence-corrected chi connectivity index (χ0v) is 16.4. The maximum atomic E-state index is 12.3. The van der Waals surface area contributed by atoms with Crippen molar-refractivity contribution < 1.29 is 24.5 Å². The maximum Gasteiger partial charge on any atom is 0.353 e. The third kappa shape index (κ3) is 3.49. The molecule has 0 spiro atoms. The smallest absolute Gasteiger partial charge is 0.353 e. The molecule has 0 saturated carbocycles. The third-order valence-corrected chi connectivity index (χ3v) is 6.99. The molecule has 0 radical (unpaired) electrons. The molecule has 3 heterocycles. The van der Waals surface area contributed by atoms with Crippen LogP contribution in [0.15, 0.2) is 10.6 Å². The molecule has 0 aliphatic carbocycles. The van der Waals surface area contributed by atoms with Crippen molar-refractivity contribution in [1.29, 1.82) is 0 Å². The molecule has 3 aliphatic heterocycles. The topological polar surface area (TPSA) is 99.1 Å². The molecule has 0 bridgehead atoms. The lowest BCUT2D eigenvalue weighted by Gasteiger charge is -2.46. The summed E-state index contributed by atoms with van der Waals surface area (Å²) >= 11 is 7.15. The number of halogens is 1. The predicted octanol–water partition coefficient (Wildman–Crippen LogP) is 0.859. The fourth-order valence-electron chi connectivity index (χ4n) is 4.14. The van der Waals surface area contributed by atoms with Gasteiger partial charge in [0.1, 0.15) is 5.70 Å². The highest BCUT2D eigenvalue weighted by molar-refractivity contribution is 8.03. The second-order valence-electron chi connectivity index (χ2n) is 7.12. The van der Waals surface area contributed by atoms with Gasteiger partial charge in [-0.05, 0) is 13.3 Å². The van der Waals surface area contributed by atoms with Crippen LogP contribution in [0, 0.1) is 11.8 Å². The fourth-order valence-corrected chi connectivity index (χ4v) is 5.76. The van der Waals surface area contributed by atoms with Crippen LogP contribution in [0.4, 0.5) is 0 Å². The summed E-state index contributed by atoms with van der Waals surface area (Å²) in [5.74, 6) is -1.51. The first-order valence-electron chi connectivity index (χ1n) is 8.89. The summed E-state index contributed by atoms with van der Waals surface area (Å²) in [4.78, 5) is 26.3. The molecule has 2 saturated heterocycles. The van der Waals surface area contributed by atoms with E-state index < -0.39 is 18.0 Å². The maximum absolute atomic E-state index is 12.3. The molecule has 146 valence electrons. The van der Waals surface area contributed by atoms with Gasteiger partial charge in [-0.15, -0.1) is 23.4 Å². The Balaban J connectivity index is 1.69. The Kier molecular flexibility index (Phi) is 6.18. The summed E-state index contributed by atoms with van der Waals surface area (Å²) in [6.07, 6.45) is 0.0938. The summed E-state index contributed by atoms with van der Waals surface area (Å²) in [7, 11) is 0. The molecule has 0 aromatic carbocycles. The van der Waals surface area contributed by atoms with E-state index >= 15 is 0 Å². The van der Waals surface area contributed by atoms with E-state index in [1.165, 1.54) is 4.90 Å². The predicted molar refractivity (Wildman–Crippen MR) is 99.0 cm³/mol. The minimum atomic E-state index is -1.08. The van der Waals surface area contributed by atoms with Crippen LogP contribution in [0.25, 0.3) is 0 Å². The lowest BCUT2D eigenvalue weighted by Crippen LogP contribution is -2.63. The molecule has 26 heavy (non-hydrogen) atoms. The van der Waals surface area contributed by atoms with E-state index in [-0.39, 0.29) is 34.9 Å².